The fraction of sp³-hybridized carbons (Fsp3) is 0.273. The van der Waals surface area contributed by atoms with Gasteiger partial charge in [-0.2, -0.15) is 9.46 Å². The van der Waals surface area contributed by atoms with Crippen molar-refractivity contribution in [1.82, 2.24) is 14.8 Å². The number of pyridine rings is 1. The summed E-state index contributed by atoms with van der Waals surface area (Å²) in [5.74, 6) is 0.258. The number of aryl methyl sites for hydroxylation is 1. The van der Waals surface area contributed by atoms with E-state index in [4.69, 9.17) is 9.88 Å². The van der Waals surface area contributed by atoms with Gasteiger partial charge in [0.05, 0.1) is 18.5 Å². The van der Waals surface area contributed by atoms with Crippen molar-refractivity contribution in [1.29, 1.82) is 0 Å². The molecule has 0 saturated carbocycles. The maximum atomic E-state index is 14.8. The Hall–Kier alpha value is -3.24. The molecule has 166 valence electrons. The Balaban J connectivity index is 1.54. The SMILES string of the molecule is C=C(N=[S@](N)(=O)c1cnn2c1OCCC2)Nc1c(-c2ccncc2)cc(F)c2c1CCC2. The van der Waals surface area contributed by atoms with Crippen molar-refractivity contribution in [2.24, 2.45) is 9.50 Å². The molecule has 0 spiro atoms. The first kappa shape index (κ1) is 20.7. The predicted molar refractivity (Wildman–Crippen MR) is 120 cm³/mol. The second-order valence-electron chi connectivity index (χ2n) is 7.80. The number of hydrogen-bond acceptors (Lipinski definition) is 6. The van der Waals surface area contributed by atoms with E-state index in [1.165, 1.54) is 12.3 Å². The second kappa shape index (κ2) is 8.03. The average Bonchev–Trinajstić information content (AvgIpc) is 3.44. The molecule has 32 heavy (non-hydrogen) atoms. The van der Waals surface area contributed by atoms with E-state index in [2.05, 4.69) is 26.3 Å². The molecule has 0 radical (unpaired) electrons. The molecule has 0 fully saturated rings. The highest BCUT2D eigenvalue weighted by molar-refractivity contribution is 7.91. The molecule has 3 heterocycles. The van der Waals surface area contributed by atoms with Gasteiger partial charge < -0.3 is 10.1 Å². The van der Waals surface area contributed by atoms with Gasteiger partial charge in [-0.3, -0.25) is 4.98 Å². The summed E-state index contributed by atoms with van der Waals surface area (Å²) in [4.78, 5) is 4.28. The summed E-state index contributed by atoms with van der Waals surface area (Å²) in [6, 6.07) is 5.13. The highest BCUT2D eigenvalue weighted by Crippen LogP contribution is 2.40. The van der Waals surface area contributed by atoms with Crippen molar-refractivity contribution in [3.63, 3.8) is 0 Å². The molecule has 8 nitrogen and oxygen atoms in total. The van der Waals surface area contributed by atoms with Gasteiger partial charge in [0.25, 0.3) is 0 Å². The molecule has 1 aliphatic carbocycles. The number of ether oxygens (including phenoxy) is 1. The Bertz CT molecular complexity index is 1330. The zero-order valence-corrected chi connectivity index (χ0v) is 18.2. The minimum atomic E-state index is -3.36. The summed E-state index contributed by atoms with van der Waals surface area (Å²) in [6.07, 6.45) is 7.81. The first-order valence-corrected chi connectivity index (χ1v) is 12.0. The van der Waals surface area contributed by atoms with Crippen LogP contribution in [0.4, 0.5) is 10.1 Å². The lowest BCUT2D eigenvalue weighted by Gasteiger charge is -2.18. The summed E-state index contributed by atoms with van der Waals surface area (Å²) < 4.78 is 39.5. The lowest BCUT2D eigenvalue weighted by molar-refractivity contribution is 0.224. The monoisotopic (exact) mass is 454 g/mol. The molecule has 1 aromatic carbocycles. The van der Waals surface area contributed by atoms with Crippen molar-refractivity contribution in [2.45, 2.75) is 37.1 Å². The zero-order valence-electron chi connectivity index (χ0n) is 17.4. The van der Waals surface area contributed by atoms with E-state index in [-0.39, 0.29) is 16.5 Å². The van der Waals surface area contributed by atoms with Gasteiger partial charge in [0, 0.05) is 30.9 Å². The van der Waals surface area contributed by atoms with Gasteiger partial charge >= 0.3 is 0 Å². The van der Waals surface area contributed by atoms with Crippen LogP contribution in [0.15, 0.2) is 58.4 Å². The average molecular weight is 455 g/mol. The van der Waals surface area contributed by atoms with Crippen LogP contribution in [0.1, 0.15) is 24.0 Å². The summed E-state index contributed by atoms with van der Waals surface area (Å²) >= 11 is 0. The topological polar surface area (TPSA) is 107 Å². The molecule has 1 atom stereocenters. The molecule has 2 aliphatic rings. The van der Waals surface area contributed by atoms with Crippen molar-refractivity contribution in [3.8, 4) is 17.0 Å². The Kier molecular flexibility index (Phi) is 5.18. The molecule has 0 bridgehead atoms. The molecule has 5 rings (SSSR count). The third kappa shape index (κ3) is 3.65. The smallest absolute Gasteiger partial charge is 0.230 e. The molecule has 3 N–H and O–H groups in total. The molecule has 1 aliphatic heterocycles. The van der Waals surface area contributed by atoms with Gasteiger partial charge in [0.2, 0.25) is 5.88 Å². The normalized spacial score (nSPS) is 16.4. The fourth-order valence-corrected chi connectivity index (χ4v) is 5.34. The summed E-state index contributed by atoms with van der Waals surface area (Å²) in [6.45, 7) is 5.10. The van der Waals surface area contributed by atoms with Crippen LogP contribution in [0.2, 0.25) is 0 Å². The highest BCUT2D eigenvalue weighted by atomic mass is 32.2. The summed E-state index contributed by atoms with van der Waals surface area (Å²) in [5.41, 5.74) is 3.73. The highest BCUT2D eigenvalue weighted by Gasteiger charge is 2.25. The van der Waals surface area contributed by atoms with E-state index in [0.717, 1.165) is 30.4 Å². The largest absolute Gasteiger partial charge is 0.477 e. The zero-order chi connectivity index (χ0) is 22.3. The quantitative estimate of drug-likeness (QED) is 0.612. The molecule has 0 unspecified atom stereocenters. The molecular weight excluding hydrogens is 431 g/mol. The van der Waals surface area contributed by atoms with Gasteiger partial charge in [-0.1, -0.05) is 6.58 Å². The van der Waals surface area contributed by atoms with Crippen LogP contribution < -0.4 is 15.2 Å². The Morgan fingerprint density at radius 3 is 2.88 bits per heavy atom. The first-order valence-electron chi connectivity index (χ1n) is 10.4. The Morgan fingerprint density at radius 1 is 1.28 bits per heavy atom. The molecular formula is C22H23FN6O2S. The van der Waals surface area contributed by atoms with Gasteiger partial charge in [-0.05, 0) is 54.2 Å². The van der Waals surface area contributed by atoms with Crippen LogP contribution in [0.3, 0.4) is 0 Å². The second-order valence-corrected chi connectivity index (χ2v) is 9.56. The Morgan fingerprint density at radius 2 is 2.06 bits per heavy atom. The van der Waals surface area contributed by atoms with Gasteiger partial charge in [-0.25, -0.2) is 18.4 Å². The number of halogens is 1. The molecule has 2 aromatic heterocycles. The maximum absolute atomic E-state index is 14.8. The molecule has 0 saturated heterocycles. The molecule has 3 aromatic rings. The minimum Gasteiger partial charge on any atom is -0.477 e. The third-order valence-corrected chi connectivity index (χ3v) is 7.08. The van der Waals surface area contributed by atoms with E-state index in [1.807, 2.05) is 12.1 Å². The predicted octanol–water partition coefficient (Wildman–Crippen LogP) is 3.64. The summed E-state index contributed by atoms with van der Waals surface area (Å²) in [5, 5.41) is 13.5. The van der Waals surface area contributed by atoms with Crippen LogP contribution >= 0.6 is 0 Å². The van der Waals surface area contributed by atoms with Crippen molar-refractivity contribution in [3.05, 3.63) is 66.1 Å². The number of aromatic nitrogens is 3. The number of anilines is 1. The molecule has 0 amide bonds. The number of rotatable bonds is 5. The van der Waals surface area contributed by atoms with Crippen molar-refractivity contribution >= 4 is 15.6 Å². The number of nitrogens with zero attached hydrogens (tertiary/aromatic N) is 4. The van der Waals surface area contributed by atoms with E-state index in [9.17, 15) is 8.60 Å². The van der Waals surface area contributed by atoms with E-state index in [1.54, 1.807) is 17.1 Å². The van der Waals surface area contributed by atoms with Crippen LogP contribution in [-0.2, 0) is 29.3 Å². The van der Waals surface area contributed by atoms with Crippen LogP contribution in [-0.4, -0.2) is 25.6 Å². The standard InChI is InChI=1S/C22H23FN6O2S/c1-14(28-32(24,30)20-13-26-29-10-3-11-31-22(20)29)27-21-17-5-2-4-16(17)19(23)12-18(21)15-6-8-25-9-7-15/h6-9,12-13,27H,1-5,10-11H2,(H2,24,28,30)/t32-/m0/s1. The number of benzene rings is 1. The number of fused-ring (bicyclic) bond motifs is 2. The third-order valence-electron chi connectivity index (χ3n) is 5.68. The number of nitrogens with two attached hydrogens (primary N) is 1. The first-order chi connectivity index (χ1) is 15.4. The van der Waals surface area contributed by atoms with Gasteiger partial charge in [0.15, 0.2) is 0 Å². The van der Waals surface area contributed by atoms with Gasteiger partial charge in [-0.15, -0.1) is 0 Å². The van der Waals surface area contributed by atoms with E-state index >= 15 is 0 Å². The molecule has 10 heteroatoms. The van der Waals surface area contributed by atoms with Crippen LogP contribution in [0.5, 0.6) is 5.88 Å². The Labute approximate surface area is 185 Å². The van der Waals surface area contributed by atoms with E-state index in [0.29, 0.717) is 42.3 Å². The number of nitrogens with one attached hydrogen (secondary N) is 1. The maximum Gasteiger partial charge on any atom is 0.230 e. The van der Waals surface area contributed by atoms with Crippen molar-refractivity contribution in [2.75, 3.05) is 11.9 Å². The summed E-state index contributed by atoms with van der Waals surface area (Å²) in [7, 11) is -3.36. The van der Waals surface area contributed by atoms with Gasteiger partial charge in [0.1, 0.15) is 26.4 Å². The fourth-order valence-electron chi connectivity index (χ4n) is 4.26. The lowest BCUT2D eigenvalue weighted by atomic mass is 9.97. The van der Waals surface area contributed by atoms with E-state index < -0.39 is 9.92 Å². The van der Waals surface area contributed by atoms with Crippen molar-refractivity contribution < 1.29 is 13.3 Å². The minimum absolute atomic E-state index is 0.115. The van der Waals surface area contributed by atoms with Crippen LogP contribution in [0.25, 0.3) is 11.1 Å². The lowest BCUT2D eigenvalue weighted by Crippen LogP contribution is -2.19. The van der Waals surface area contributed by atoms with Crippen LogP contribution in [0, 0.1) is 5.82 Å². The number of hydrogen-bond donors (Lipinski definition) is 2.